The monoisotopic (exact) mass is 168 g/mol. The van der Waals surface area contributed by atoms with Gasteiger partial charge in [0, 0.05) is 12.3 Å². The fourth-order valence-corrected chi connectivity index (χ4v) is 3.13. The zero-order valence-corrected chi connectivity index (χ0v) is 7.92. The van der Waals surface area contributed by atoms with Crippen molar-refractivity contribution in [2.75, 3.05) is 0 Å². The van der Waals surface area contributed by atoms with Crippen molar-refractivity contribution < 1.29 is 9.90 Å². The molecule has 12 heavy (non-hydrogen) atoms. The number of carbonyl (C=O) groups excluding carboxylic acids is 1. The molecule has 3 atom stereocenters. The summed E-state index contributed by atoms with van der Waals surface area (Å²) >= 11 is 0. The van der Waals surface area contributed by atoms with Gasteiger partial charge in [0.25, 0.3) is 0 Å². The summed E-state index contributed by atoms with van der Waals surface area (Å²) in [4.78, 5) is 11.5. The van der Waals surface area contributed by atoms with E-state index in [9.17, 15) is 9.90 Å². The Bertz CT molecular complexity index is 232. The molecule has 0 heterocycles. The Labute approximate surface area is 73.0 Å². The van der Waals surface area contributed by atoms with Crippen LogP contribution in [0.15, 0.2) is 0 Å². The van der Waals surface area contributed by atoms with Gasteiger partial charge in [0.05, 0.1) is 5.60 Å². The van der Waals surface area contributed by atoms with Crippen molar-refractivity contribution in [1.82, 2.24) is 0 Å². The number of hydrogen-bond acceptors (Lipinski definition) is 2. The van der Waals surface area contributed by atoms with E-state index in [2.05, 4.69) is 13.8 Å². The number of aliphatic hydroxyl groups is 1. The molecule has 0 aromatic heterocycles. The lowest BCUT2D eigenvalue weighted by Crippen LogP contribution is -2.64. The van der Waals surface area contributed by atoms with Gasteiger partial charge < -0.3 is 5.11 Å². The van der Waals surface area contributed by atoms with E-state index in [1.54, 1.807) is 6.92 Å². The minimum atomic E-state index is -0.741. The molecule has 2 heteroatoms. The lowest BCUT2D eigenvalue weighted by molar-refractivity contribution is -0.194. The number of rotatable bonds is 0. The third kappa shape index (κ3) is 0.764. The SMILES string of the molecule is CC1(C)[C@@H]2C[C@@H]1[C@](C)(O)CC2=O. The normalized spacial score (nSPS) is 50.2. The fraction of sp³-hybridized carbons (Fsp3) is 0.900. The zero-order valence-electron chi connectivity index (χ0n) is 7.92. The number of hydrogen-bond donors (Lipinski definition) is 1. The summed E-state index contributed by atoms with van der Waals surface area (Å²) in [5.41, 5.74) is -0.700. The molecule has 0 aliphatic heterocycles. The topological polar surface area (TPSA) is 37.3 Å². The summed E-state index contributed by atoms with van der Waals surface area (Å²) in [7, 11) is 0. The number of carbonyl (C=O) groups is 1. The second-order valence-corrected chi connectivity index (χ2v) is 5.16. The second-order valence-electron chi connectivity index (χ2n) is 5.16. The van der Waals surface area contributed by atoms with Crippen LogP contribution in [0.3, 0.4) is 0 Å². The quantitative estimate of drug-likeness (QED) is 0.593. The van der Waals surface area contributed by atoms with Gasteiger partial charge in [0.1, 0.15) is 5.78 Å². The summed E-state index contributed by atoms with van der Waals surface area (Å²) in [6.07, 6.45) is 1.27. The summed E-state index contributed by atoms with van der Waals surface area (Å²) < 4.78 is 0. The van der Waals surface area contributed by atoms with Crippen LogP contribution in [0.4, 0.5) is 0 Å². The van der Waals surface area contributed by atoms with Gasteiger partial charge in [-0.05, 0) is 24.7 Å². The molecule has 0 saturated heterocycles. The van der Waals surface area contributed by atoms with E-state index in [0.29, 0.717) is 12.3 Å². The maximum Gasteiger partial charge on any atom is 0.139 e. The number of fused-ring (bicyclic) bond motifs is 2. The van der Waals surface area contributed by atoms with Gasteiger partial charge in [-0.2, -0.15) is 0 Å². The molecule has 0 unspecified atom stereocenters. The average Bonchev–Trinajstić information content (AvgIpc) is 1.81. The Balaban J connectivity index is 2.34. The van der Waals surface area contributed by atoms with Crippen molar-refractivity contribution in [3.63, 3.8) is 0 Å². The molecule has 0 aromatic rings. The molecule has 3 aliphatic carbocycles. The molecule has 0 aromatic carbocycles. The highest BCUT2D eigenvalue weighted by molar-refractivity contribution is 5.85. The van der Waals surface area contributed by atoms with Crippen molar-refractivity contribution in [1.29, 1.82) is 0 Å². The zero-order chi connectivity index (χ0) is 9.15. The smallest absolute Gasteiger partial charge is 0.139 e. The predicted molar refractivity (Wildman–Crippen MR) is 45.6 cm³/mol. The Morgan fingerprint density at radius 3 is 2.33 bits per heavy atom. The van der Waals surface area contributed by atoms with Gasteiger partial charge in [0.2, 0.25) is 0 Å². The van der Waals surface area contributed by atoms with Gasteiger partial charge >= 0.3 is 0 Å². The highest BCUT2D eigenvalue weighted by Gasteiger charge is 2.62. The third-order valence-electron chi connectivity index (χ3n) is 3.94. The van der Waals surface area contributed by atoms with Gasteiger partial charge in [0.15, 0.2) is 0 Å². The van der Waals surface area contributed by atoms with Gasteiger partial charge in [-0.3, -0.25) is 4.79 Å². The van der Waals surface area contributed by atoms with E-state index < -0.39 is 5.60 Å². The molecule has 68 valence electrons. The van der Waals surface area contributed by atoms with Crippen LogP contribution < -0.4 is 0 Å². The van der Waals surface area contributed by atoms with Crippen molar-refractivity contribution in [2.24, 2.45) is 17.3 Å². The van der Waals surface area contributed by atoms with Crippen LogP contribution in [0.1, 0.15) is 33.6 Å². The van der Waals surface area contributed by atoms with E-state index in [0.717, 1.165) is 6.42 Å². The Morgan fingerprint density at radius 2 is 2.00 bits per heavy atom. The Hall–Kier alpha value is -0.370. The van der Waals surface area contributed by atoms with Crippen LogP contribution in [0, 0.1) is 17.3 Å². The molecular weight excluding hydrogens is 152 g/mol. The summed E-state index contributed by atoms with van der Waals surface area (Å²) in [5.74, 6) is 0.808. The van der Waals surface area contributed by atoms with E-state index in [4.69, 9.17) is 0 Å². The molecule has 2 bridgehead atoms. The lowest BCUT2D eigenvalue weighted by Gasteiger charge is -2.61. The van der Waals surface area contributed by atoms with E-state index in [1.165, 1.54) is 0 Å². The van der Waals surface area contributed by atoms with Crippen molar-refractivity contribution in [3.05, 3.63) is 0 Å². The molecule has 3 rings (SSSR count). The van der Waals surface area contributed by atoms with E-state index >= 15 is 0 Å². The molecule has 1 N–H and O–H groups in total. The van der Waals surface area contributed by atoms with E-state index in [1.807, 2.05) is 0 Å². The largest absolute Gasteiger partial charge is 0.389 e. The first kappa shape index (κ1) is 8.24. The first-order valence-corrected chi connectivity index (χ1v) is 4.61. The Kier molecular flexibility index (Phi) is 1.32. The first-order chi connectivity index (χ1) is 5.36. The first-order valence-electron chi connectivity index (χ1n) is 4.61. The molecular formula is C10H16O2. The van der Waals surface area contributed by atoms with E-state index in [-0.39, 0.29) is 17.1 Å². The van der Waals surface area contributed by atoms with Gasteiger partial charge in [-0.25, -0.2) is 0 Å². The summed E-state index contributed by atoms with van der Waals surface area (Å²) in [6.45, 7) is 5.99. The highest BCUT2D eigenvalue weighted by atomic mass is 16.3. The second kappa shape index (κ2) is 1.92. The van der Waals surface area contributed by atoms with Crippen molar-refractivity contribution in [2.45, 2.75) is 39.2 Å². The van der Waals surface area contributed by atoms with Crippen molar-refractivity contribution >= 4 is 5.78 Å². The molecule has 3 saturated carbocycles. The van der Waals surface area contributed by atoms with Crippen LogP contribution in [0.25, 0.3) is 0 Å². The third-order valence-corrected chi connectivity index (χ3v) is 3.94. The predicted octanol–water partition coefficient (Wildman–Crippen LogP) is 1.37. The minimum absolute atomic E-state index is 0.0405. The average molecular weight is 168 g/mol. The minimum Gasteiger partial charge on any atom is -0.389 e. The maximum absolute atomic E-state index is 11.5. The summed E-state index contributed by atoms with van der Waals surface area (Å²) in [5, 5.41) is 9.97. The van der Waals surface area contributed by atoms with Crippen LogP contribution >= 0.6 is 0 Å². The van der Waals surface area contributed by atoms with Crippen molar-refractivity contribution in [3.8, 4) is 0 Å². The van der Waals surface area contributed by atoms with Gasteiger partial charge in [-0.1, -0.05) is 13.8 Å². The fourth-order valence-electron chi connectivity index (χ4n) is 3.13. The molecule has 0 spiro atoms. The van der Waals surface area contributed by atoms with Crippen LogP contribution in [-0.2, 0) is 4.79 Å². The van der Waals surface area contributed by atoms with Gasteiger partial charge in [-0.15, -0.1) is 0 Å². The standard InChI is InChI=1S/C10H16O2/c1-9(2)6-4-8(9)10(3,12)5-7(6)11/h6,8,12H,4-5H2,1-3H3/t6-,8+,10-/m1/s1. The number of ketones is 1. The summed E-state index contributed by atoms with van der Waals surface area (Å²) in [6, 6.07) is 0. The maximum atomic E-state index is 11.5. The molecule has 0 radical (unpaired) electrons. The molecule has 3 aliphatic rings. The highest BCUT2D eigenvalue weighted by Crippen LogP contribution is 2.61. The molecule has 0 amide bonds. The van der Waals surface area contributed by atoms with Crippen LogP contribution in [0.2, 0.25) is 0 Å². The molecule has 3 fully saturated rings. The van der Waals surface area contributed by atoms with Crippen LogP contribution in [-0.4, -0.2) is 16.5 Å². The van der Waals surface area contributed by atoms with Crippen LogP contribution in [0.5, 0.6) is 0 Å². The Morgan fingerprint density at radius 1 is 1.42 bits per heavy atom. The molecule has 2 nitrogen and oxygen atoms in total. The lowest BCUT2D eigenvalue weighted by atomic mass is 9.44. The number of Topliss-reactive ketones (excluding diaryl/α,β-unsaturated/α-hetero) is 1.